The lowest BCUT2D eigenvalue weighted by Crippen LogP contribution is -2.30. The lowest BCUT2D eigenvalue weighted by atomic mass is 9.99. The summed E-state index contributed by atoms with van der Waals surface area (Å²) in [5, 5.41) is 10.7. The molecule has 0 aliphatic rings. The maximum atomic E-state index is 13.1. The van der Waals surface area contributed by atoms with Crippen LogP contribution in [0.2, 0.25) is 0 Å². The van der Waals surface area contributed by atoms with Crippen molar-refractivity contribution in [3.8, 4) is 0 Å². The van der Waals surface area contributed by atoms with Gasteiger partial charge in [0.25, 0.3) is 0 Å². The average molecular weight is 1540 g/mol. The van der Waals surface area contributed by atoms with Gasteiger partial charge >= 0.3 is 39.5 Å². The number of aliphatic hydroxyl groups is 1. The van der Waals surface area contributed by atoms with Gasteiger partial charge in [0, 0.05) is 25.7 Å². The Morgan fingerprint density at radius 3 is 0.724 bits per heavy atom. The Hall–Kier alpha value is -1.94. The van der Waals surface area contributed by atoms with Crippen molar-refractivity contribution in [2.45, 2.75) is 477 Å². The Morgan fingerprint density at radius 2 is 0.486 bits per heavy atom. The van der Waals surface area contributed by atoms with Gasteiger partial charge in [0.2, 0.25) is 0 Å². The molecule has 3 N–H and O–H groups in total. The zero-order valence-corrected chi connectivity index (χ0v) is 70.8. The van der Waals surface area contributed by atoms with Crippen molar-refractivity contribution in [2.24, 2.45) is 11.8 Å². The van der Waals surface area contributed by atoms with E-state index in [0.717, 1.165) is 102 Å². The normalized spacial score (nSPS) is 14.1. The number of unbranched alkanes of at least 4 members (excludes halogenated alkanes) is 54. The summed E-state index contributed by atoms with van der Waals surface area (Å²) >= 11 is 0. The van der Waals surface area contributed by atoms with Crippen LogP contribution < -0.4 is 0 Å². The van der Waals surface area contributed by atoms with E-state index in [1.54, 1.807) is 0 Å². The molecule has 0 aliphatic heterocycles. The predicted octanol–water partition coefficient (Wildman–Crippen LogP) is 26.2. The molecule has 0 heterocycles. The van der Waals surface area contributed by atoms with Gasteiger partial charge < -0.3 is 33.8 Å². The van der Waals surface area contributed by atoms with E-state index in [0.29, 0.717) is 25.7 Å². The molecule has 19 heteroatoms. The molecule has 0 saturated heterocycles. The molecular weight excluding hydrogens is 1370 g/mol. The smallest absolute Gasteiger partial charge is 0.462 e. The van der Waals surface area contributed by atoms with Crippen molar-refractivity contribution in [3.63, 3.8) is 0 Å². The summed E-state index contributed by atoms with van der Waals surface area (Å²) in [6.07, 6.45) is 69.4. The van der Waals surface area contributed by atoms with Gasteiger partial charge in [0.1, 0.15) is 19.3 Å². The van der Waals surface area contributed by atoms with E-state index >= 15 is 0 Å². The van der Waals surface area contributed by atoms with Gasteiger partial charge in [0.15, 0.2) is 12.2 Å². The summed E-state index contributed by atoms with van der Waals surface area (Å²) in [6, 6.07) is 0. The van der Waals surface area contributed by atoms with E-state index in [1.165, 1.54) is 276 Å². The second-order valence-corrected chi connectivity index (χ2v) is 34.6. The number of hydrogen-bond donors (Lipinski definition) is 3. The van der Waals surface area contributed by atoms with Crippen molar-refractivity contribution in [3.05, 3.63) is 0 Å². The molecule has 0 aromatic heterocycles. The predicted molar refractivity (Wildman–Crippen MR) is 432 cm³/mol. The minimum absolute atomic E-state index is 0.107. The van der Waals surface area contributed by atoms with Crippen molar-refractivity contribution < 1.29 is 80.2 Å². The molecule has 17 nitrogen and oxygen atoms in total. The van der Waals surface area contributed by atoms with E-state index in [1.807, 2.05) is 0 Å². The number of carbonyl (C=O) groups excluding carboxylic acids is 4. The standard InChI is InChI=1S/C86H168O17P2/c1-7-10-12-14-16-18-20-21-22-23-24-28-31-34-38-45-51-57-63-69-84(89)97-75-81(102-85(90)70-64-58-52-46-39-35-32-29-26-25-27-30-33-37-42-48-54-60-66-78(4)5)76-100-104(92,93)98-72-80(87)73-99-105(94,95)101-77-82(74-96-83(88)68-62-56-50-44-36-19-17-15-13-11-8-2)103-86(91)71-65-59-53-47-41-40-43-49-55-61-67-79(6)9-3/h78-82,87H,7-77H2,1-6H3,(H,92,93)(H,94,95)/t79?,80-,81-,82-/m1/s1. The van der Waals surface area contributed by atoms with Gasteiger partial charge in [-0.3, -0.25) is 37.3 Å². The highest BCUT2D eigenvalue weighted by Crippen LogP contribution is 2.45. The van der Waals surface area contributed by atoms with Crippen LogP contribution in [0.25, 0.3) is 0 Å². The summed E-state index contributed by atoms with van der Waals surface area (Å²) in [5.41, 5.74) is 0. The summed E-state index contributed by atoms with van der Waals surface area (Å²) < 4.78 is 68.9. The molecule has 0 aliphatic carbocycles. The van der Waals surface area contributed by atoms with Crippen LogP contribution in [0.4, 0.5) is 0 Å². The SMILES string of the molecule is CCCCCCCCCCCCCCCCCCCCCC(=O)OC[C@H](COP(=O)(O)OC[C@@H](O)COP(=O)(O)OC[C@@H](COC(=O)CCCCCCCCCCCCC)OC(=O)CCCCCCCCCCCCC(C)CC)OC(=O)CCCCCCCCCCCCCCCCCCCCC(C)C. The van der Waals surface area contributed by atoms with Crippen LogP contribution in [0.1, 0.15) is 459 Å². The Kier molecular flexibility index (Phi) is 76.0. The molecule has 0 amide bonds. The first-order valence-electron chi connectivity index (χ1n) is 44.5. The van der Waals surface area contributed by atoms with Gasteiger partial charge in [-0.25, -0.2) is 9.13 Å². The number of carbonyl (C=O) groups is 4. The summed E-state index contributed by atoms with van der Waals surface area (Å²) in [5.74, 6) is -0.478. The van der Waals surface area contributed by atoms with E-state index in [2.05, 4.69) is 41.5 Å². The first-order valence-corrected chi connectivity index (χ1v) is 47.5. The first-order chi connectivity index (χ1) is 50.9. The average Bonchev–Trinajstić information content (AvgIpc) is 0.912. The summed E-state index contributed by atoms with van der Waals surface area (Å²) in [6.45, 7) is 9.73. The molecule has 3 unspecified atom stereocenters. The van der Waals surface area contributed by atoms with Crippen LogP contribution in [0.15, 0.2) is 0 Å². The third-order valence-electron chi connectivity index (χ3n) is 20.6. The van der Waals surface area contributed by atoms with E-state index in [4.69, 9.17) is 37.0 Å². The lowest BCUT2D eigenvalue weighted by molar-refractivity contribution is -0.161. The van der Waals surface area contributed by atoms with E-state index < -0.39 is 97.5 Å². The number of aliphatic hydroxyl groups excluding tert-OH is 1. The number of esters is 4. The van der Waals surface area contributed by atoms with Crippen LogP contribution in [0, 0.1) is 11.8 Å². The summed E-state index contributed by atoms with van der Waals surface area (Å²) in [7, 11) is -9.93. The molecule has 0 fully saturated rings. The molecule has 0 saturated carbocycles. The van der Waals surface area contributed by atoms with Crippen molar-refractivity contribution in [1.82, 2.24) is 0 Å². The second-order valence-electron chi connectivity index (χ2n) is 31.6. The first kappa shape index (κ1) is 103. The minimum atomic E-state index is -4.97. The molecule has 0 aromatic carbocycles. The van der Waals surface area contributed by atoms with Crippen molar-refractivity contribution in [1.29, 1.82) is 0 Å². The fourth-order valence-electron chi connectivity index (χ4n) is 13.4. The maximum Gasteiger partial charge on any atom is 0.472 e. The summed E-state index contributed by atoms with van der Waals surface area (Å²) in [4.78, 5) is 73.2. The van der Waals surface area contributed by atoms with Crippen molar-refractivity contribution >= 4 is 39.5 Å². The van der Waals surface area contributed by atoms with Crippen LogP contribution >= 0.6 is 15.6 Å². The number of rotatable bonds is 85. The third kappa shape index (κ3) is 78.5. The molecule has 0 radical (unpaired) electrons. The maximum absolute atomic E-state index is 13.1. The molecule has 0 aromatic rings. The fourth-order valence-corrected chi connectivity index (χ4v) is 15.0. The Balaban J connectivity index is 5.23. The highest BCUT2D eigenvalue weighted by molar-refractivity contribution is 7.47. The Morgan fingerprint density at radius 1 is 0.276 bits per heavy atom. The number of phosphoric acid groups is 2. The highest BCUT2D eigenvalue weighted by Gasteiger charge is 2.30. The monoisotopic (exact) mass is 1540 g/mol. The molecule has 0 bridgehead atoms. The lowest BCUT2D eigenvalue weighted by Gasteiger charge is -2.21. The van der Waals surface area contributed by atoms with E-state index in [9.17, 15) is 43.2 Å². The number of hydrogen-bond acceptors (Lipinski definition) is 15. The number of phosphoric ester groups is 2. The van der Waals surface area contributed by atoms with Crippen molar-refractivity contribution in [2.75, 3.05) is 39.6 Å². The molecule has 6 atom stereocenters. The Bertz CT molecular complexity index is 2010. The van der Waals surface area contributed by atoms with Gasteiger partial charge in [-0.05, 0) is 37.5 Å². The van der Waals surface area contributed by atoms with Crippen LogP contribution in [-0.2, 0) is 65.4 Å². The van der Waals surface area contributed by atoms with Gasteiger partial charge in [-0.2, -0.15) is 0 Å². The van der Waals surface area contributed by atoms with E-state index in [-0.39, 0.29) is 25.7 Å². The molecule has 0 rings (SSSR count). The van der Waals surface area contributed by atoms with Gasteiger partial charge in [-0.1, -0.05) is 408 Å². The third-order valence-corrected chi connectivity index (χ3v) is 22.5. The van der Waals surface area contributed by atoms with Crippen LogP contribution in [0.5, 0.6) is 0 Å². The zero-order chi connectivity index (χ0) is 77.1. The topological polar surface area (TPSA) is 237 Å². The fraction of sp³-hybridized carbons (Fsp3) is 0.953. The minimum Gasteiger partial charge on any atom is -0.462 e. The second kappa shape index (κ2) is 77.4. The zero-order valence-electron chi connectivity index (χ0n) is 69.0. The molecule has 624 valence electrons. The van der Waals surface area contributed by atoms with Gasteiger partial charge in [0.05, 0.1) is 26.4 Å². The molecular formula is C86H168O17P2. The highest BCUT2D eigenvalue weighted by atomic mass is 31.2. The van der Waals surface area contributed by atoms with Gasteiger partial charge in [-0.15, -0.1) is 0 Å². The quantitative estimate of drug-likeness (QED) is 0.0222. The number of ether oxygens (including phenoxy) is 4. The van der Waals surface area contributed by atoms with Crippen LogP contribution in [0.3, 0.4) is 0 Å². The van der Waals surface area contributed by atoms with Crippen LogP contribution in [-0.4, -0.2) is 96.7 Å². The molecule has 105 heavy (non-hydrogen) atoms. The molecule has 0 spiro atoms. The Labute approximate surface area is 645 Å². The largest absolute Gasteiger partial charge is 0.472 e.